The molecule has 4 rings (SSSR count). The van der Waals surface area contributed by atoms with Crippen molar-refractivity contribution in [1.29, 1.82) is 5.26 Å². The molecule has 0 bridgehead atoms. The van der Waals surface area contributed by atoms with E-state index in [1.807, 2.05) is 37.3 Å². The number of esters is 1. The van der Waals surface area contributed by atoms with Crippen LogP contribution >= 0.6 is 34.4 Å². The minimum absolute atomic E-state index is 0.175. The van der Waals surface area contributed by atoms with Crippen molar-refractivity contribution in [2.75, 3.05) is 20.8 Å². The zero-order chi connectivity index (χ0) is 27.9. The van der Waals surface area contributed by atoms with Gasteiger partial charge in [-0.3, -0.25) is 9.69 Å². The zero-order valence-corrected chi connectivity index (χ0v) is 24.4. The number of carbonyl (C=O) groups excluding carboxylic acids is 2. The molecule has 0 N–H and O–H groups in total. The number of carbonyl (C=O) groups is 2. The van der Waals surface area contributed by atoms with E-state index in [0.29, 0.717) is 45.0 Å². The Balaban J connectivity index is 1.57. The van der Waals surface area contributed by atoms with Gasteiger partial charge in [-0.25, -0.2) is 9.79 Å². The first-order valence-corrected chi connectivity index (χ1v) is 13.8. The van der Waals surface area contributed by atoms with Crippen molar-refractivity contribution >= 4 is 63.2 Å². The second kappa shape index (κ2) is 12.8. The molecule has 1 aliphatic rings. The summed E-state index contributed by atoms with van der Waals surface area (Å²) in [6.07, 6.45) is 1.80. The van der Waals surface area contributed by atoms with Crippen LogP contribution in [0, 0.1) is 14.9 Å². The lowest BCUT2D eigenvalue weighted by atomic mass is 10.1. The molecule has 3 aromatic rings. The number of hydrogen-bond acceptors (Lipinski definition) is 8. The average Bonchev–Trinajstić information content (AvgIpc) is 3.20. The highest BCUT2D eigenvalue weighted by Crippen LogP contribution is 2.38. The Bertz CT molecular complexity index is 1510. The van der Waals surface area contributed by atoms with E-state index in [1.165, 1.54) is 23.8 Å². The van der Waals surface area contributed by atoms with Crippen LogP contribution in [-0.4, -0.2) is 42.7 Å². The number of amidine groups is 1. The van der Waals surface area contributed by atoms with Crippen LogP contribution in [0.1, 0.15) is 34.0 Å². The van der Waals surface area contributed by atoms with Crippen molar-refractivity contribution in [3.63, 3.8) is 0 Å². The molecule has 1 aliphatic heterocycles. The third kappa shape index (κ3) is 6.61. The number of aliphatic imine (C=N–C) groups is 1. The number of likely N-dealkylation sites (N-methyl/N-ethyl adjacent to an activating group) is 1. The fourth-order valence-corrected chi connectivity index (χ4v) is 5.45. The minimum Gasteiger partial charge on any atom is -0.490 e. The van der Waals surface area contributed by atoms with Crippen LogP contribution in [0.2, 0.25) is 0 Å². The lowest BCUT2D eigenvalue weighted by Gasteiger charge is -2.15. The summed E-state index contributed by atoms with van der Waals surface area (Å²) < 4.78 is 17.5. The maximum absolute atomic E-state index is 13.0. The summed E-state index contributed by atoms with van der Waals surface area (Å²) in [5.74, 6) is 0.527. The molecule has 0 aromatic heterocycles. The Kier molecular flexibility index (Phi) is 9.27. The molecule has 39 heavy (non-hydrogen) atoms. The molecule has 0 spiro atoms. The number of hydrogen-bond donors (Lipinski definition) is 0. The Morgan fingerprint density at radius 3 is 2.59 bits per heavy atom. The van der Waals surface area contributed by atoms with Crippen LogP contribution in [-0.2, 0) is 16.1 Å². The van der Waals surface area contributed by atoms with Crippen molar-refractivity contribution in [3.8, 4) is 17.6 Å². The van der Waals surface area contributed by atoms with Gasteiger partial charge in [-0.05, 0) is 95.4 Å². The van der Waals surface area contributed by atoms with Gasteiger partial charge >= 0.3 is 5.97 Å². The third-order valence-electron chi connectivity index (χ3n) is 5.66. The Morgan fingerprint density at radius 2 is 1.90 bits per heavy atom. The minimum atomic E-state index is -0.425. The van der Waals surface area contributed by atoms with E-state index >= 15 is 0 Å². The zero-order valence-electron chi connectivity index (χ0n) is 21.4. The fraction of sp³-hybridized carbons (Fsp3) is 0.172. The first kappa shape index (κ1) is 28.2. The van der Waals surface area contributed by atoms with Gasteiger partial charge in [0.25, 0.3) is 5.91 Å². The number of benzene rings is 3. The number of amides is 1. The summed E-state index contributed by atoms with van der Waals surface area (Å²) in [5, 5.41) is 9.89. The van der Waals surface area contributed by atoms with Gasteiger partial charge in [0.1, 0.15) is 6.61 Å². The van der Waals surface area contributed by atoms with Crippen molar-refractivity contribution in [1.82, 2.24) is 4.90 Å². The van der Waals surface area contributed by atoms with Gasteiger partial charge in [-0.2, -0.15) is 5.26 Å². The number of ether oxygens (including phenoxy) is 3. The number of halogens is 1. The van der Waals surface area contributed by atoms with Crippen LogP contribution in [0.3, 0.4) is 0 Å². The summed E-state index contributed by atoms with van der Waals surface area (Å²) >= 11 is 3.44. The van der Waals surface area contributed by atoms with Gasteiger partial charge in [-0.1, -0.05) is 18.2 Å². The molecule has 1 heterocycles. The predicted octanol–water partition coefficient (Wildman–Crippen LogP) is 6.16. The second-order valence-corrected chi connectivity index (χ2v) is 10.4. The molecule has 0 unspecified atom stereocenters. The molecular weight excluding hydrogens is 629 g/mol. The molecule has 198 valence electrons. The number of nitrogens with zero attached hydrogens (tertiary/aromatic N) is 3. The molecule has 10 heteroatoms. The fourth-order valence-electron chi connectivity index (χ4n) is 3.68. The largest absolute Gasteiger partial charge is 0.490 e. The monoisotopic (exact) mass is 653 g/mol. The van der Waals surface area contributed by atoms with E-state index in [1.54, 1.807) is 43.5 Å². The van der Waals surface area contributed by atoms with Crippen LogP contribution < -0.4 is 9.47 Å². The highest BCUT2D eigenvalue weighted by molar-refractivity contribution is 14.1. The summed E-state index contributed by atoms with van der Waals surface area (Å²) in [6, 6.07) is 19.9. The normalized spacial score (nSPS) is 14.9. The van der Waals surface area contributed by atoms with Gasteiger partial charge < -0.3 is 14.2 Å². The Morgan fingerprint density at radius 1 is 1.15 bits per heavy atom. The predicted molar refractivity (Wildman–Crippen MR) is 159 cm³/mol. The smallest absolute Gasteiger partial charge is 0.337 e. The molecule has 0 radical (unpaired) electrons. The van der Waals surface area contributed by atoms with E-state index < -0.39 is 5.97 Å². The molecule has 0 atom stereocenters. The molecular formula is C29H24IN3O5S. The van der Waals surface area contributed by atoms with E-state index in [0.717, 1.165) is 14.7 Å². The van der Waals surface area contributed by atoms with Crippen molar-refractivity contribution in [2.45, 2.75) is 13.5 Å². The first-order valence-electron chi connectivity index (χ1n) is 11.9. The lowest BCUT2D eigenvalue weighted by Crippen LogP contribution is -2.23. The number of thioether (sulfide) groups is 1. The maximum Gasteiger partial charge on any atom is 0.337 e. The first-order chi connectivity index (χ1) is 18.8. The molecule has 3 aromatic carbocycles. The third-order valence-corrected chi connectivity index (χ3v) is 7.52. The van der Waals surface area contributed by atoms with Crippen LogP contribution in [0.5, 0.6) is 11.5 Å². The summed E-state index contributed by atoms with van der Waals surface area (Å²) in [6.45, 7) is 2.54. The Hall–Kier alpha value is -3.82. The molecule has 0 saturated carbocycles. The molecule has 1 amide bonds. The van der Waals surface area contributed by atoms with E-state index in [2.05, 4.69) is 33.7 Å². The van der Waals surface area contributed by atoms with Gasteiger partial charge in [0, 0.05) is 12.6 Å². The highest BCUT2D eigenvalue weighted by atomic mass is 127. The topological polar surface area (TPSA) is 101 Å². The quantitative estimate of drug-likeness (QED) is 0.163. The van der Waals surface area contributed by atoms with Gasteiger partial charge in [0.15, 0.2) is 16.7 Å². The van der Waals surface area contributed by atoms with Gasteiger partial charge in [0.05, 0.1) is 45.1 Å². The maximum atomic E-state index is 13.0. The second-order valence-electron chi connectivity index (χ2n) is 8.23. The van der Waals surface area contributed by atoms with Crippen LogP contribution in [0.4, 0.5) is 5.69 Å². The molecule has 1 saturated heterocycles. The van der Waals surface area contributed by atoms with Crippen molar-refractivity contribution in [2.24, 2.45) is 4.99 Å². The van der Waals surface area contributed by atoms with Crippen molar-refractivity contribution < 1.29 is 23.8 Å². The summed E-state index contributed by atoms with van der Waals surface area (Å²) in [4.78, 5) is 31.2. The van der Waals surface area contributed by atoms with E-state index in [-0.39, 0.29) is 12.5 Å². The van der Waals surface area contributed by atoms with Crippen LogP contribution in [0.25, 0.3) is 6.08 Å². The van der Waals surface area contributed by atoms with Crippen molar-refractivity contribution in [3.05, 3.63) is 91.4 Å². The number of nitriles is 1. The Labute approximate surface area is 244 Å². The number of rotatable bonds is 8. The SMILES string of the molecule is CCOc1cc(/C=C2\SC(=Nc3ccc(C(=O)OC)cc3)N(C)C2=O)cc(I)c1OCc1ccccc1C#N. The van der Waals surface area contributed by atoms with E-state index in [4.69, 9.17) is 14.2 Å². The average molecular weight is 653 g/mol. The summed E-state index contributed by atoms with van der Waals surface area (Å²) in [5.41, 5.74) is 3.16. The molecule has 1 fully saturated rings. The molecule has 0 aliphatic carbocycles. The van der Waals surface area contributed by atoms with E-state index in [9.17, 15) is 14.9 Å². The number of methoxy groups -OCH3 is 1. The van der Waals surface area contributed by atoms with Gasteiger partial charge in [0.2, 0.25) is 0 Å². The van der Waals surface area contributed by atoms with Gasteiger partial charge in [-0.15, -0.1) is 0 Å². The lowest BCUT2D eigenvalue weighted by molar-refractivity contribution is -0.121. The molecule has 8 nitrogen and oxygen atoms in total. The van der Waals surface area contributed by atoms with Crippen LogP contribution in [0.15, 0.2) is 70.6 Å². The standard InChI is InChI=1S/C29H24IN3O5S/c1-4-37-24-14-18(13-23(30)26(24)38-17-21-8-6-5-7-20(21)16-31)15-25-27(34)33(2)29(39-25)32-22-11-9-19(10-12-22)28(35)36-3/h5-15H,4,17H2,1-3H3/b25-15-,32-29?. The summed E-state index contributed by atoms with van der Waals surface area (Å²) in [7, 11) is 3.00. The highest BCUT2D eigenvalue weighted by Gasteiger charge is 2.30.